The number of phosphoric ester groups is 2. The number of unbranched alkanes of at least 4 members (excludes halogenated alkanes) is 42. The summed E-state index contributed by atoms with van der Waals surface area (Å²) >= 11 is 0. The molecule has 576 valence electrons. The Kier molecular flexibility index (Phi) is 67.1. The van der Waals surface area contributed by atoms with Gasteiger partial charge in [0.15, 0.2) is 12.2 Å². The summed E-state index contributed by atoms with van der Waals surface area (Å²) in [5, 5.41) is 10.6. The number of hydrogen-bond donors (Lipinski definition) is 3. The summed E-state index contributed by atoms with van der Waals surface area (Å²) in [4.78, 5) is 72.9. The predicted molar refractivity (Wildman–Crippen MR) is 395 cm³/mol. The van der Waals surface area contributed by atoms with E-state index in [2.05, 4.69) is 48.5 Å². The highest BCUT2D eigenvalue weighted by molar-refractivity contribution is 7.47. The number of hydrogen-bond acceptors (Lipinski definition) is 15. The van der Waals surface area contributed by atoms with Crippen LogP contribution in [0.15, 0.2) is 0 Å². The van der Waals surface area contributed by atoms with Crippen LogP contribution in [-0.2, 0) is 65.4 Å². The molecule has 17 nitrogen and oxygen atoms in total. The van der Waals surface area contributed by atoms with Gasteiger partial charge in [0.1, 0.15) is 19.3 Å². The van der Waals surface area contributed by atoms with Crippen LogP contribution in [0.1, 0.15) is 402 Å². The van der Waals surface area contributed by atoms with Gasteiger partial charge in [-0.25, -0.2) is 9.13 Å². The Morgan fingerprint density at radius 2 is 0.526 bits per heavy atom. The molecule has 0 aliphatic carbocycles. The van der Waals surface area contributed by atoms with Crippen molar-refractivity contribution in [2.75, 3.05) is 39.6 Å². The van der Waals surface area contributed by atoms with Gasteiger partial charge < -0.3 is 33.8 Å². The molecule has 0 heterocycles. The zero-order valence-corrected chi connectivity index (χ0v) is 65.3. The summed E-state index contributed by atoms with van der Waals surface area (Å²) in [6.07, 6.45) is 55.2. The van der Waals surface area contributed by atoms with Crippen LogP contribution in [-0.4, -0.2) is 96.7 Å². The topological polar surface area (TPSA) is 237 Å². The van der Waals surface area contributed by atoms with Crippen molar-refractivity contribution in [2.45, 2.75) is 420 Å². The SMILES string of the molecule is CCCCCCCCCCCCCCCC(=O)O[C@H](COC(=O)CCCCCCCCCCC(C)CC)COP(=O)(O)OC[C@H](O)COP(=O)(O)OC[C@@H](COC(=O)CCCCCCCCCCCCCC(C)C)OC(=O)CCCCCCCCCCCCCCCCC(C)CC. The molecule has 0 aromatic carbocycles. The lowest BCUT2D eigenvalue weighted by molar-refractivity contribution is -0.161. The van der Waals surface area contributed by atoms with Gasteiger partial charge in [-0.15, -0.1) is 0 Å². The molecule has 0 rings (SSSR count). The van der Waals surface area contributed by atoms with E-state index in [0.717, 1.165) is 108 Å². The van der Waals surface area contributed by atoms with E-state index in [1.807, 2.05) is 0 Å². The molecule has 97 heavy (non-hydrogen) atoms. The first-order valence-corrected chi connectivity index (χ1v) is 43.4. The van der Waals surface area contributed by atoms with Gasteiger partial charge in [0.25, 0.3) is 0 Å². The second kappa shape index (κ2) is 68.5. The minimum absolute atomic E-state index is 0.107. The molecule has 7 atom stereocenters. The van der Waals surface area contributed by atoms with Crippen molar-refractivity contribution in [1.29, 1.82) is 0 Å². The highest BCUT2D eigenvalue weighted by Crippen LogP contribution is 2.45. The molecule has 0 aliphatic heterocycles. The van der Waals surface area contributed by atoms with E-state index in [1.165, 1.54) is 212 Å². The normalized spacial score (nSPS) is 14.6. The number of aliphatic hydroxyl groups is 1. The zero-order valence-electron chi connectivity index (χ0n) is 63.5. The standard InChI is InChI=1S/C78H152O17P2/c1-8-11-12-13-14-15-16-19-25-31-40-47-54-61-77(82)95-74(66-89-76(81)60-53-46-39-34-33-37-44-51-58-71(7)10-3)68-93-97(86,87)91-64-72(79)63-90-96(84,85)92-67-73(65-88-75(80)59-52-45-38-30-27-22-23-28-35-42-49-56-69(4)5)94-78(83)62-55-48-41-32-26-21-18-17-20-24-29-36-43-50-57-70(6)9-2/h69-74,79H,8-68H2,1-7H3,(H,84,85)(H,86,87)/t70?,71?,72-,73-,74-/m1/s1. The van der Waals surface area contributed by atoms with Gasteiger partial charge in [-0.3, -0.25) is 37.3 Å². The number of rotatable bonds is 76. The molecule has 19 heteroatoms. The zero-order chi connectivity index (χ0) is 71.6. The van der Waals surface area contributed by atoms with E-state index in [1.54, 1.807) is 0 Å². The van der Waals surface area contributed by atoms with E-state index in [0.29, 0.717) is 25.7 Å². The average molecular weight is 1420 g/mol. The van der Waals surface area contributed by atoms with Crippen LogP contribution in [0.4, 0.5) is 0 Å². The molecule has 4 unspecified atom stereocenters. The first-order valence-electron chi connectivity index (χ1n) is 40.4. The van der Waals surface area contributed by atoms with Crippen molar-refractivity contribution in [3.05, 3.63) is 0 Å². The Labute approximate surface area is 594 Å². The summed E-state index contributed by atoms with van der Waals surface area (Å²) < 4.78 is 68.6. The van der Waals surface area contributed by atoms with Crippen LogP contribution in [0.25, 0.3) is 0 Å². The molecule has 3 N–H and O–H groups in total. The van der Waals surface area contributed by atoms with Gasteiger partial charge in [-0.05, 0) is 43.4 Å². The lowest BCUT2D eigenvalue weighted by Crippen LogP contribution is -2.30. The van der Waals surface area contributed by atoms with Gasteiger partial charge in [0, 0.05) is 25.7 Å². The third-order valence-corrected chi connectivity index (χ3v) is 20.8. The van der Waals surface area contributed by atoms with Crippen molar-refractivity contribution in [3.8, 4) is 0 Å². The average Bonchev–Trinajstić information content (AvgIpc) is 2.56. The van der Waals surface area contributed by atoms with E-state index in [4.69, 9.17) is 37.0 Å². The van der Waals surface area contributed by atoms with Gasteiger partial charge in [-0.2, -0.15) is 0 Å². The minimum atomic E-state index is -4.96. The molecular formula is C78H152O17P2. The third-order valence-electron chi connectivity index (χ3n) is 18.9. The summed E-state index contributed by atoms with van der Waals surface area (Å²) in [5.41, 5.74) is 0. The largest absolute Gasteiger partial charge is 0.472 e. The molecule has 0 spiro atoms. The second-order valence-corrected chi connectivity index (χ2v) is 32.0. The quantitative estimate of drug-likeness (QED) is 0.0222. The number of carbonyl (C=O) groups is 4. The summed E-state index contributed by atoms with van der Waals surface area (Å²) in [6, 6.07) is 0. The maximum atomic E-state index is 13.1. The number of phosphoric acid groups is 2. The van der Waals surface area contributed by atoms with Crippen LogP contribution < -0.4 is 0 Å². The monoisotopic (exact) mass is 1420 g/mol. The maximum absolute atomic E-state index is 13.1. The number of aliphatic hydroxyl groups excluding tert-OH is 1. The first kappa shape index (κ1) is 95.1. The number of carbonyl (C=O) groups excluding carboxylic acids is 4. The fourth-order valence-corrected chi connectivity index (χ4v) is 13.5. The molecule has 0 aromatic rings. The van der Waals surface area contributed by atoms with E-state index in [9.17, 15) is 43.2 Å². The summed E-state index contributed by atoms with van der Waals surface area (Å²) in [5.74, 6) is 0.281. The molecule has 0 saturated carbocycles. The van der Waals surface area contributed by atoms with E-state index < -0.39 is 97.5 Å². The highest BCUT2D eigenvalue weighted by Gasteiger charge is 2.30. The van der Waals surface area contributed by atoms with Crippen LogP contribution in [0.5, 0.6) is 0 Å². The van der Waals surface area contributed by atoms with Gasteiger partial charge in [0.2, 0.25) is 0 Å². The van der Waals surface area contributed by atoms with Gasteiger partial charge >= 0.3 is 39.5 Å². The smallest absolute Gasteiger partial charge is 0.462 e. The fourth-order valence-electron chi connectivity index (χ4n) is 11.9. The predicted octanol–water partition coefficient (Wildman–Crippen LogP) is 23.0. The summed E-state index contributed by atoms with van der Waals surface area (Å²) in [7, 11) is -9.92. The van der Waals surface area contributed by atoms with E-state index >= 15 is 0 Å². The Hall–Kier alpha value is -1.94. The number of ether oxygens (including phenoxy) is 4. The lowest BCUT2D eigenvalue weighted by atomic mass is 9.99. The highest BCUT2D eigenvalue weighted by atomic mass is 31.2. The molecule has 0 amide bonds. The minimum Gasteiger partial charge on any atom is -0.462 e. The Morgan fingerprint density at radius 1 is 0.299 bits per heavy atom. The molecule has 0 fully saturated rings. The van der Waals surface area contributed by atoms with Crippen molar-refractivity contribution in [3.63, 3.8) is 0 Å². The summed E-state index contributed by atoms with van der Waals surface area (Å²) in [6.45, 7) is 12.0. The van der Waals surface area contributed by atoms with Crippen molar-refractivity contribution in [1.82, 2.24) is 0 Å². The molecule has 0 saturated heterocycles. The van der Waals surface area contributed by atoms with Crippen LogP contribution in [0.2, 0.25) is 0 Å². The Balaban J connectivity index is 5.27. The van der Waals surface area contributed by atoms with Crippen molar-refractivity contribution < 1.29 is 80.2 Å². The van der Waals surface area contributed by atoms with Crippen molar-refractivity contribution in [2.24, 2.45) is 17.8 Å². The third kappa shape index (κ3) is 69.5. The molecule has 0 bridgehead atoms. The molecule has 0 radical (unpaired) electrons. The van der Waals surface area contributed by atoms with E-state index in [-0.39, 0.29) is 25.7 Å². The Bertz CT molecular complexity index is 1890. The molecule has 0 aromatic heterocycles. The van der Waals surface area contributed by atoms with Crippen LogP contribution >= 0.6 is 15.6 Å². The second-order valence-electron chi connectivity index (χ2n) is 29.1. The van der Waals surface area contributed by atoms with Crippen molar-refractivity contribution >= 4 is 39.5 Å². The first-order chi connectivity index (χ1) is 46.8. The lowest BCUT2D eigenvalue weighted by Gasteiger charge is -2.21. The Morgan fingerprint density at radius 3 is 0.784 bits per heavy atom. The van der Waals surface area contributed by atoms with Crippen LogP contribution in [0.3, 0.4) is 0 Å². The maximum Gasteiger partial charge on any atom is 0.472 e. The fraction of sp³-hybridized carbons (Fsp3) is 0.949. The number of esters is 4. The van der Waals surface area contributed by atoms with Gasteiger partial charge in [-0.1, -0.05) is 350 Å². The van der Waals surface area contributed by atoms with Crippen LogP contribution in [0, 0.1) is 17.8 Å². The van der Waals surface area contributed by atoms with Gasteiger partial charge in [0.05, 0.1) is 26.4 Å². The molecular weight excluding hydrogens is 1270 g/mol. The molecule has 0 aliphatic rings.